The molecule has 0 aliphatic heterocycles. The van der Waals surface area contributed by atoms with Gasteiger partial charge in [-0.05, 0) is 75.3 Å². The second-order valence-electron chi connectivity index (χ2n) is 11.5. The number of anilines is 3. The largest absolute Gasteiger partial charge is 0.296 e. The lowest BCUT2D eigenvalue weighted by Crippen LogP contribution is -2.16. The molecule has 0 unspecified atom stereocenters. The van der Waals surface area contributed by atoms with Crippen LogP contribution in [0.1, 0.15) is 0 Å². The number of nitrogens with zero attached hydrogens (tertiary/aromatic N) is 4. The van der Waals surface area contributed by atoms with Crippen LogP contribution in [0.5, 0.6) is 0 Å². The van der Waals surface area contributed by atoms with Crippen LogP contribution < -0.4 is 4.90 Å². The molecule has 0 amide bonds. The molecule has 0 radical (unpaired) electrons. The second kappa shape index (κ2) is 10.7. The summed E-state index contributed by atoms with van der Waals surface area (Å²) in [7, 11) is 0. The van der Waals surface area contributed by atoms with E-state index in [4.69, 9.17) is 9.97 Å². The number of fused-ring (bicyclic) bond motifs is 5. The maximum atomic E-state index is 4.83. The topological polar surface area (TPSA) is 34.0 Å². The van der Waals surface area contributed by atoms with Gasteiger partial charge in [-0.2, -0.15) is 0 Å². The average Bonchev–Trinajstić information content (AvgIpc) is 3.41. The van der Waals surface area contributed by atoms with E-state index in [-0.39, 0.29) is 0 Å². The fourth-order valence-corrected chi connectivity index (χ4v) is 6.92. The predicted octanol–water partition coefficient (Wildman–Crippen LogP) is 10.9. The summed E-state index contributed by atoms with van der Waals surface area (Å²) in [4.78, 5) is 12.0. The molecule has 8 aromatic rings. The van der Waals surface area contributed by atoms with Gasteiger partial charge in [-0.25, -0.2) is 9.97 Å². The Morgan fingerprint density at radius 2 is 0.935 bits per heavy atom. The second-order valence-corrected chi connectivity index (χ2v) is 11.5. The summed E-state index contributed by atoms with van der Waals surface area (Å²) in [6.07, 6.45) is 3.64. The molecule has 0 N–H and O–H groups in total. The quantitative estimate of drug-likeness (QED) is 0.201. The minimum atomic E-state index is 0.624. The van der Waals surface area contributed by atoms with E-state index in [9.17, 15) is 0 Å². The minimum Gasteiger partial charge on any atom is -0.296 e. The summed E-state index contributed by atoms with van der Waals surface area (Å²) in [5, 5.41) is 1.18. The Morgan fingerprint density at radius 3 is 1.63 bits per heavy atom. The molecule has 1 aliphatic carbocycles. The van der Waals surface area contributed by atoms with Gasteiger partial charge in [0.05, 0.1) is 5.52 Å². The molecule has 4 heteroatoms. The first kappa shape index (κ1) is 26.2. The summed E-state index contributed by atoms with van der Waals surface area (Å²) in [6.45, 7) is 0. The third-order valence-corrected chi connectivity index (χ3v) is 8.88. The third kappa shape index (κ3) is 4.08. The number of benzene rings is 6. The molecule has 4 nitrogen and oxygen atoms in total. The lowest BCUT2D eigenvalue weighted by Gasteiger charge is -2.28. The van der Waals surface area contributed by atoms with Crippen LogP contribution in [-0.2, 0) is 0 Å². The Balaban J connectivity index is 1.43. The van der Waals surface area contributed by atoms with Crippen LogP contribution in [0.15, 0.2) is 170 Å². The Morgan fingerprint density at radius 1 is 0.413 bits per heavy atom. The Kier molecular flexibility index (Phi) is 6.10. The van der Waals surface area contributed by atoms with Crippen LogP contribution in [-0.4, -0.2) is 14.5 Å². The fraction of sp³-hybridized carbons (Fsp3) is 0. The zero-order chi connectivity index (χ0) is 30.5. The van der Waals surface area contributed by atoms with Crippen molar-refractivity contribution in [1.82, 2.24) is 14.5 Å². The van der Waals surface area contributed by atoms with E-state index in [1.165, 1.54) is 44.3 Å². The summed E-state index contributed by atoms with van der Waals surface area (Å²) < 4.78 is 2.23. The molecule has 0 saturated carbocycles. The molecule has 0 saturated heterocycles. The first-order valence-corrected chi connectivity index (χ1v) is 15.5. The molecule has 2 heterocycles. The summed E-state index contributed by atoms with van der Waals surface area (Å²) in [6, 6.07) is 56.0. The number of hydrogen-bond acceptors (Lipinski definition) is 3. The molecule has 46 heavy (non-hydrogen) atoms. The summed E-state index contributed by atoms with van der Waals surface area (Å²) in [5.41, 5.74) is 12.7. The Labute approximate surface area is 267 Å². The van der Waals surface area contributed by atoms with E-state index in [2.05, 4.69) is 161 Å². The van der Waals surface area contributed by atoms with Crippen LogP contribution in [0.3, 0.4) is 0 Å². The Hall–Kier alpha value is -6.26. The van der Waals surface area contributed by atoms with Gasteiger partial charge in [0.25, 0.3) is 0 Å². The van der Waals surface area contributed by atoms with Gasteiger partial charge in [-0.15, -0.1) is 0 Å². The lowest BCUT2D eigenvalue weighted by atomic mass is 9.94. The van der Waals surface area contributed by atoms with Crippen molar-refractivity contribution in [2.24, 2.45) is 0 Å². The number of aromatic nitrogens is 3. The van der Waals surface area contributed by atoms with E-state index in [1.807, 2.05) is 18.5 Å². The van der Waals surface area contributed by atoms with E-state index in [0.717, 1.165) is 28.3 Å². The molecule has 9 rings (SSSR count). The van der Waals surface area contributed by atoms with E-state index < -0.39 is 0 Å². The normalized spacial score (nSPS) is 11.5. The van der Waals surface area contributed by atoms with Crippen molar-refractivity contribution in [1.29, 1.82) is 0 Å². The van der Waals surface area contributed by atoms with Crippen molar-refractivity contribution in [2.45, 2.75) is 0 Å². The highest BCUT2D eigenvalue weighted by Crippen LogP contribution is 2.54. The molecular formula is C42H28N4. The van der Waals surface area contributed by atoms with Crippen molar-refractivity contribution in [3.05, 3.63) is 170 Å². The van der Waals surface area contributed by atoms with Crippen molar-refractivity contribution < 1.29 is 0 Å². The minimum absolute atomic E-state index is 0.624. The van der Waals surface area contributed by atoms with Crippen LogP contribution in [0, 0.1) is 0 Å². The first-order valence-electron chi connectivity index (χ1n) is 15.5. The van der Waals surface area contributed by atoms with Crippen molar-refractivity contribution in [3.8, 4) is 50.5 Å². The van der Waals surface area contributed by atoms with Gasteiger partial charge in [0.15, 0.2) is 0 Å². The standard InChI is InChI=1S/C42H28N4/c1-3-13-29(14-4-1)30-23-25-32(26-24-30)45(31-15-5-2-6-16-31)41-40-37-20-10-9-19-35(37)33-17-7-8-18-34(33)36-21-11-22-38(39(36)40)46(41)42-43-27-12-28-44-42/h1-28H. The SMILES string of the molecule is c1ccc(-c2ccc(N(c3ccccc3)c3c4c5c(cccc5n3-c3ncccn3)-c3ccccc3-c3ccccc3-4)cc2)cc1. The summed E-state index contributed by atoms with van der Waals surface area (Å²) in [5.74, 6) is 1.62. The van der Waals surface area contributed by atoms with Crippen molar-refractivity contribution in [3.63, 3.8) is 0 Å². The van der Waals surface area contributed by atoms with Gasteiger partial charge < -0.3 is 0 Å². The molecule has 6 aromatic carbocycles. The van der Waals surface area contributed by atoms with Crippen LogP contribution in [0.4, 0.5) is 17.2 Å². The van der Waals surface area contributed by atoms with Crippen LogP contribution in [0.2, 0.25) is 0 Å². The van der Waals surface area contributed by atoms with E-state index in [1.54, 1.807) is 0 Å². The molecule has 1 aliphatic rings. The molecule has 2 aromatic heterocycles. The van der Waals surface area contributed by atoms with Gasteiger partial charge in [0.1, 0.15) is 5.82 Å². The van der Waals surface area contributed by atoms with Gasteiger partial charge in [-0.3, -0.25) is 9.47 Å². The van der Waals surface area contributed by atoms with Gasteiger partial charge in [0, 0.05) is 34.7 Å². The molecule has 0 atom stereocenters. The number of hydrogen-bond donors (Lipinski definition) is 0. The highest BCUT2D eigenvalue weighted by atomic mass is 15.3. The van der Waals surface area contributed by atoms with E-state index >= 15 is 0 Å². The maximum Gasteiger partial charge on any atom is 0.235 e. The molecule has 0 fully saturated rings. The highest BCUT2D eigenvalue weighted by molar-refractivity contribution is 6.18. The average molecular weight is 589 g/mol. The monoisotopic (exact) mass is 588 g/mol. The van der Waals surface area contributed by atoms with Gasteiger partial charge in [-0.1, -0.05) is 121 Å². The smallest absolute Gasteiger partial charge is 0.235 e. The van der Waals surface area contributed by atoms with Crippen LogP contribution >= 0.6 is 0 Å². The van der Waals surface area contributed by atoms with Crippen LogP contribution in [0.25, 0.3) is 61.4 Å². The first-order chi connectivity index (χ1) is 22.9. The fourth-order valence-electron chi connectivity index (χ4n) is 6.92. The third-order valence-electron chi connectivity index (χ3n) is 8.88. The molecule has 0 spiro atoms. The van der Waals surface area contributed by atoms with Gasteiger partial charge in [0.2, 0.25) is 5.95 Å². The molecular weight excluding hydrogens is 560 g/mol. The number of para-hydroxylation sites is 1. The molecule has 0 bridgehead atoms. The van der Waals surface area contributed by atoms with Gasteiger partial charge >= 0.3 is 0 Å². The van der Waals surface area contributed by atoms with E-state index in [0.29, 0.717) is 5.95 Å². The zero-order valence-electron chi connectivity index (χ0n) is 25.0. The lowest BCUT2D eigenvalue weighted by molar-refractivity contribution is 0.950. The summed E-state index contributed by atoms with van der Waals surface area (Å²) >= 11 is 0. The van der Waals surface area contributed by atoms with Crippen molar-refractivity contribution in [2.75, 3.05) is 4.90 Å². The maximum absolute atomic E-state index is 4.83. The highest BCUT2D eigenvalue weighted by Gasteiger charge is 2.32. The Bertz CT molecular complexity index is 2340. The zero-order valence-corrected chi connectivity index (χ0v) is 25.0. The number of rotatable bonds is 5. The molecule has 216 valence electrons. The predicted molar refractivity (Wildman–Crippen MR) is 189 cm³/mol. The van der Waals surface area contributed by atoms with Crippen molar-refractivity contribution >= 4 is 28.1 Å².